The molecule has 1 heterocycles. The van der Waals surface area contributed by atoms with Gasteiger partial charge in [0, 0.05) is 15.7 Å². The third-order valence-electron chi connectivity index (χ3n) is 2.77. The van der Waals surface area contributed by atoms with Gasteiger partial charge in [0.25, 0.3) is 5.91 Å². The highest BCUT2D eigenvalue weighted by Crippen LogP contribution is 2.29. The van der Waals surface area contributed by atoms with Crippen molar-refractivity contribution in [3.63, 3.8) is 0 Å². The Bertz CT molecular complexity index is 692. The van der Waals surface area contributed by atoms with E-state index in [9.17, 15) is 9.59 Å². The number of carbonyl (C=O) groups is 2. The van der Waals surface area contributed by atoms with E-state index in [0.29, 0.717) is 26.3 Å². The Labute approximate surface area is 134 Å². The number of methoxy groups -OCH3 is 1. The highest BCUT2D eigenvalue weighted by Gasteiger charge is 2.19. The molecular formula is C14H13BrN2O3S. The lowest BCUT2D eigenvalue weighted by atomic mass is 10.1. The molecule has 1 aromatic heterocycles. The molecule has 2 aromatic rings. The van der Waals surface area contributed by atoms with Gasteiger partial charge >= 0.3 is 5.97 Å². The quantitative estimate of drug-likeness (QED) is 0.642. The van der Waals surface area contributed by atoms with E-state index in [1.54, 1.807) is 23.6 Å². The van der Waals surface area contributed by atoms with E-state index >= 15 is 0 Å². The van der Waals surface area contributed by atoms with Crippen LogP contribution in [0.25, 0.3) is 0 Å². The maximum absolute atomic E-state index is 12.3. The van der Waals surface area contributed by atoms with E-state index in [0.717, 1.165) is 5.56 Å². The zero-order valence-electron chi connectivity index (χ0n) is 11.4. The van der Waals surface area contributed by atoms with E-state index in [-0.39, 0.29) is 5.91 Å². The van der Waals surface area contributed by atoms with Gasteiger partial charge in [-0.1, -0.05) is 15.9 Å². The number of esters is 1. The summed E-state index contributed by atoms with van der Waals surface area (Å²) < 4.78 is 5.42. The number of rotatable bonds is 3. The topological polar surface area (TPSA) is 81.4 Å². The van der Waals surface area contributed by atoms with Crippen LogP contribution in [0.15, 0.2) is 28.1 Å². The van der Waals surface area contributed by atoms with E-state index in [2.05, 4.69) is 21.2 Å². The summed E-state index contributed by atoms with van der Waals surface area (Å²) in [6.45, 7) is 1.81. The summed E-state index contributed by atoms with van der Waals surface area (Å²) in [7, 11) is 1.30. The molecule has 0 radical (unpaired) electrons. The van der Waals surface area contributed by atoms with Gasteiger partial charge in [-0.2, -0.15) is 0 Å². The first-order valence-corrected chi connectivity index (χ1v) is 7.63. The lowest BCUT2D eigenvalue weighted by Crippen LogP contribution is -2.15. The number of ether oxygens (including phenoxy) is 1. The number of anilines is 2. The molecule has 0 saturated carbocycles. The van der Waals surface area contributed by atoms with E-state index in [4.69, 9.17) is 10.5 Å². The molecule has 0 aliphatic heterocycles. The van der Waals surface area contributed by atoms with E-state index in [1.165, 1.54) is 18.4 Å². The Morgan fingerprint density at radius 3 is 2.67 bits per heavy atom. The zero-order chi connectivity index (χ0) is 15.6. The Morgan fingerprint density at radius 1 is 1.33 bits per heavy atom. The molecule has 3 N–H and O–H groups in total. The largest absolute Gasteiger partial charge is 0.465 e. The SMILES string of the molecule is COC(=O)c1scc(C)c1NC(=O)c1cc(N)cc(Br)c1. The molecule has 7 heteroatoms. The van der Waals surface area contributed by atoms with Crippen molar-refractivity contribution in [1.29, 1.82) is 0 Å². The molecule has 0 spiro atoms. The fraction of sp³-hybridized carbons (Fsp3) is 0.143. The smallest absolute Gasteiger partial charge is 0.350 e. The Hall–Kier alpha value is -1.86. The van der Waals surface area contributed by atoms with Crippen molar-refractivity contribution in [3.05, 3.63) is 44.1 Å². The molecule has 0 aliphatic rings. The Kier molecular flexibility index (Phi) is 4.64. The van der Waals surface area contributed by atoms with Gasteiger partial charge in [0.05, 0.1) is 12.8 Å². The second kappa shape index (κ2) is 6.28. The summed E-state index contributed by atoms with van der Waals surface area (Å²) in [6, 6.07) is 4.93. The minimum absolute atomic E-state index is 0.338. The van der Waals surface area contributed by atoms with Crippen molar-refractivity contribution in [1.82, 2.24) is 0 Å². The number of nitrogen functional groups attached to an aromatic ring is 1. The van der Waals surface area contributed by atoms with Crippen molar-refractivity contribution in [2.45, 2.75) is 6.92 Å². The summed E-state index contributed by atoms with van der Waals surface area (Å²) in [5, 5.41) is 4.53. The fourth-order valence-corrected chi connectivity index (χ4v) is 3.20. The Balaban J connectivity index is 2.31. The summed E-state index contributed by atoms with van der Waals surface area (Å²) in [6.07, 6.45) is 0. The number of thiophene rings is 1. The number of aryl methyl sites for hydroxylation is 1. The number of nitrogens with two attached hydrogens (primary N) is 1. The molecule has 0 aliphatic carbocycles. The average Bonchev–Trinajstić information content (AvgIpc) is 2.78. The van der Waals surface area contributed by atoms with Gasteiger partial charge in [-0.3, -0.25) is 4.79 Å². The highest BCUT2D eigenvalue weighted by molar-refractivity contribution is 9.10. The molecule has 1 aromatic carbocycles. The summed E-state index contributed by atoms with van der Waals surface area (Å²) in [4.78, 5) is 24.3. The predicted octanol–water partition coefficient (Wildman–Crippen LogP) is 3.44. The normalized spacial score (nSPS) is 10.2. The first-order chi connectivity index (χ1) is 9.92. The van der Waals surface area contributed by atoms with Gasteiger partial charge < -0.3 is 15.8 Å². The van der Waals surface area contributed by atoms with Gasteiger partial charge in [0.1, 0.15) is 4.88 Å². The average molecular weight is 369 g/mol. The van der Waals surface area contributed by atoms with Gasteiger partial charge in [0.2, 0.25) is 0 Å². The van der Waals surface area contributed by atoms with Crippen LogP contribution in [0.4, 0.5) is 11.4 Å². The molecule has 0 bridgehead atoms. The lowest BCUT2D eigenvalue weighted by molar-refractivity contribution is 0.0607. The van der Waals surface area contributed by atoms with Crippen molar-refractivity contribution in [2.24, 2.45) is 0 Å². The highest BCUT2D eigenvalue weighted by atomic mass is 79.9. The fourth-order valence-electron chi connectivity index (χ4n) is 1.77. The summed E-state index contributed by atoms with van der Waals surface area (Å²) in [5.41, 5.74) is 7.87. The van der Waals surface area contributed by atoms with E-state index in [1.807, 2.05) is 6.92 Å². The van der Waals surface area contributed by atoms with Gasteiger partial charge in [-0.25, -0.2) is 4.79 Å². The van der Waals surface area contributed by atoms with Crippen molar-refractivity contribution in [3.8, 4) is 0 Å². The molecule has 1 amide bonds. The van der Waals surface area contributed by atoms with Crippen molar-refractivity contribution in [2.75, 3.05) is 18.2 Å². The minimum Gasteiger partial charge on any atom is -0.465 e. The van der Waals surface area contributed by atoms with Crippen molar-refractivity contribution < 1.29 is 14.3 Å². The molecule has 21 heavy (non-hydrogen) atoms. The van der Waals surface area contributed by atoms with Crippen LogP contribution in [0.1, 0.15) is 25.6 Å². The van der Waals surface area contributed by atoms with Crippen LogP contribution in [-0.2, 0) is 4.74 Å². The minimum atomic E-state index is -0.475. The molecule has 0 unspecified atom stereocenters. The van der Waals surface area contributed by atoms with Crippen molar-refractivity contribution >= 4 is 50.5 Å². The standard InChI is InChI=1S/C14H13BrN2O3S/c1-7-6-21-12(14(19)20-2)11(7)17-13(18)8-3-9(15)5-10(16)4-8/h3-6H,16H2,1-2H3,(H,17,18). The maximum Gasteiger partial charge on any atom is 0.350 e. The van der Waals surface area contributed by atoms with Crippen LogP contribution in [0, 0.1) is 6.92 Å². The summed E-state index contributed by atoms with van der Waals surface area (Å²) >= 11 is 4.52. The number of hydrogen-bond donors (Lipinski definition) is 2. The number of carbonyl (C=O) groups excluding carboxylic acids is 2. The van der Waals surface area contributed by atoms with Crippen LogP contribution in [-0.4, -0.2) is 19.0 Å². The molecular weight excluding hydrogens is 356 g/mol. The van der Waals surface area contributed by atoms with Gasteiger partial charge in [0.15, 0.2) is 0 Å². The van der Waals surface area contributed by atoms with Crippen LogP contribution >= 0.6 is 27.3 Å². The molecule has 0 fully saturated rings. The number of amides is 1. The first-order valence-electron chi connectivity index (χ1n) is 5.96. The van der Waals surface area contributed by atoms with Crippen LogP contribution in [0.2, 0.25) is 0 Å². The second-order valence-corrected chi connectivity index (χ2v) is 6.14. The number of halogens is 1. The molecule has 0 atom stereocenters. The number of nitrogens with one attached hydrogen (secondary N) is 1. The Morgan fingerprint density at radius 2 is 2.05 bits per heavy atom. The third-order valence-corrected chi connectivity index (χ3v) is 4.30. The first kappa shape index (κ1) is 15.5. The van der Waals surface area contributed by atoms with Gasteiger partial charge in [-0.15, -0.1) is 11.3 Å². The molecule has 0 saturated heterocycles. The number of hydrogen-bond acceptors (Lipinski definition) is 5. The zero-order valence-corrected chi connectivity index (χ0v) is 13.8. The third kappa shape index (κ3) is 3.43. The van der Waals surface area contributed by atoms with E-state index < -0.39 is 5.97 Å². The van der Waals surface area contributed by atoms with Crippen LogP contribution < -0.4 is 11.1 Å². The number of benzene rings is 1. The van der Waals surface area contributed by atoms with Gasteiger partial charge in [-0.05, 0) is 36.1 Å². The molecule has 2 rings (SSSR count). The molecule has 110 valence electrons. The van der Waals surface area contributed by atoms with Crippen LogP contribution in [0.3, 0.4) is 0 Å². The molecule has 5 nitrogen and oxygen atoms in total. The maximum atomic E-state index is 12.3. The monoisotopic (exact) mass is 368 g/mol. The lowest BCUT2D eigenvalue weighted by Gasteiger charge is -2.08. The van der Waals surface area contributed by atoms with Crippen LogP contribution in [0.5, 0.6) is 0 Å². The summed E-state index contributed by atoms with van der Waals surface area (Å²) in [5.74, 6) is -0.813. The second-order valence-electron chi connectivity index (χ2n) is 4.34. The predicted molar refractivity (Wildman–Crippen MR) is 86.9 cm³/mol.